The van der Waals surface area contributed by atoms with E-state index in [1.807, 2.05) is 18.3 Å². The highest BCUT2D eigenvalue weighted by Gasteiger charge is 2.25. The summed E-state index contributed by atoms with van der Waals surface area (Å²) in [4.78, 5) is 18.2. The summed E-state index contributed by atoms with van der Waals surface area (Å²) in [6, 6.07) is 12.2. The highest BCUT2D eigenvalue weighted by molar-refractivity contribution is 7.99. The van der Waals surface area contributed by atoms with E-state index in [4.69, 9.17) is 0 Å². The largest absolute Gasteiger partial charge is 0.325 e. The Labute approximate surface area is 179 Å². The number of fused-ring (bicyclic) bond motifs is 2. The van der Waals surface area contributed by atoms with Crippen molar-refractivity contribution in [1.29, 1.82) is 0 Å². The van der Waals surface area contributed by atoms with Crippen LogP contribution in [0.25, 0.3) is 11.3 Å². The van der Waals surface area contributed by atoms with Gasteiger partial charge in [-0.2, -0.15) is 0 Å². The molecule has 2 aromatic carbocycles. The number of rotatable bonds is 4. The van der Waals surface area contributed by atoms with Crippen molar-refractivity contribution in [3.8, 4) is 11.3 Å². The first-order chi connectivity index (χ1) is 14.4. The molecular weight excluding hydrogens is 420 g/mol. The number of thioether (sulfide) groups is 1. The third-order valence-corrected chi connectivity index (χ3v) is 7.70. The van der Waals surface area contributed by atoms with Gasteiger partial charge in [-0.25, -0.2) is 13.4 Å². The SMILES string of the molecule is CC(=O)N1CCc2cc(S(=O)(=O)Nc3cccc(-c4cn5c(n4)SCC5)c3)ccc21. The van der Waals surface area contributed by atoms with Crippen LogP contribution in [-0.4, -0.2) is 36.2 Å². The molecule has 3 aromatic rings. The van der Waals surface area contributed by atoms with E-state index >= 15 is 0 Å². The average Bonchev–Trinajstić information content (AvgIpc) is 3.41. The molecule has 0 spiro atoms. The number of hydrogen-bond donors (Lipinski definition) is 1. The van der Waals surface area contributed by atoms with Gasteiger partial charge in [-0.05, 0) is 42.3 Å². The summed E-state index contributed by atoms with van der Waals surface area (Å²) in [7, 11) is -3.75. The van der Waals surface area contributed by atoms with E-state index in [1.165, 1.54) is 6.92 Å². The Kier molecular flexibility index (Phi) is 4.59. The van der Waals surface area contributed by atoms with Crippen LogP contribution in [0, 0.1) is 0 Å². The lowest BCUT2D eigenvalue weighted by atomic mass is 10.1. The Morgan fingerprint density at radius 2 is 2.03 bits per heavy atom. The molecule has 0 saturated heterocycles. The van der Waals surface area contributed by atoms with Crippen LogP contribution in [-0.2, 0) is 27.8 Å². The van der Waals surface area contributed by atoms with Crippen molar-refractivity contribution in [2.75, 3.05) is 21.9 Å². The number of amides is 1. The topological polar surface area (TPSA) is 84.3 Å². The van der Waals surface area contributed by atoms with E-state index in [0.717, 1.165) is 40.0 Å². The summed E-state index contributed by atoms with van der Waals surface area (Å²) in [5.74, 6) is 0.996. The summed E-state index contributed by atoms with van der Waals surface area (Å²) in [6.07, 6.45) is 2.65. The third-order valence-electron chi connectivity index (χ3n) is 5.35. The average molecular weight is 441 g/mol. The molecule has 1 amide bonds. The predicted molar refractivity (Wildman–Crippen MR) is 117 cm³/mol. The lowest BCUT2D eigenvalue weighted by molar-refractivity contribution is -0.116. The monoisotopic (exact) mass is 440 g/mol. The van der Waals surface area contributed by atoms with Crippen LogP contribution in [0.5, 0.6) is 0 Å². The fraction of sp³-hybridized carbons (Fsp3) is 0.238. The van der Waals surface area contributed by atoms with Crippen molar-refractivity contribution >= 4 is 39.1 Å². The molecular formula is C21H20N4O3S2. The first-order valence-electron chi connectivity index (χ1n) is 9.65. The van der Waals surface area contributed by atoms with Gasteiger partial charge in [0.15, 0.2) is 5.16 Å². The lowest BCUT2D eigenvalue weighted by Gasteiger charge is -2.15. The fourth-order valence-electron chi connectivity index (χ4n) is 3.88. The second-order valence-corrected chi connectivity index (χ2v) is 10.1. The molecule has 0 bridgehead atoms. The smallest absolute Gasteiger partial charge is 0.261 e. The highest BCUT2D eigenvalue weighted by atomic mass is 32.2. The molecule has 30 heavy (non-hydrogen) atoms. The van der Waals surface area contributed by atoms with E-state index in [1.54, 1.807) is 47.0 Å². The number of sulfonamides is 1. The maximum absolute atomic E-state index is 13.0. The molecule has 9 heteroatoms. The maximum atomic E-state index is 13.0. The molecule has 0 atom stereocenters. The number of nitrogens with zero attached hydrogens (tertiary/aromatic N) is 3. The van der Waals surface area contributed by atoms with Crippen molar-refractivity contribution in [3.05, 3.63) is 54.2 Å². The zero-order valence-corrected chi connectivity index (χ0v) is 18.0. The quantitative estimate of drug-likeness (QED) is 0.673. The van der Waals surface area contributed by atoms with Crippen LogP contribution in [0.3, 0.4) is 0 Å². The maximum Gasteiger partial charge on any atom is 0.261 e. The number of carbonyl (C=O) groups excluding carboxylic acids is 1. The van der Waals surface area contributed by atoms with Gasteiger partial charge in [0.2, 0.25) is 5.91 Å². The molecule has 0 saturated carbocycles. The molecule has 0 aliphatic carbocycles. The molecule has 1 aromatic heterocycles. The number of carbonyl (C=O) groups is 1. The second-order valence-electron chi connectivity index (χ2n) is 7.35. The molecule has 154 valence electrons. The van der Waals surface area contributed by atoms with E-state index in [2.05, 4.69) is 14.3 Å². The third kappa shape index (κ3) is 3.37. The lowest BCUT2D eigenvalue weighted by Crippen LogP contribution is -2.25. The van der Waals surface area contributed by atoms with Crippen molar-refractivity contribution in [3.63, 3.8) is 0 Å². The van der Waals surface area contributed by atoms with E-state index < -0.39 is 10.0 Å². The van der Waals surface area contributed by atoms with Gasteiger partial charge in [0.25, 0.3) is 10.0 Å². The van der Waals surface area contributed by atoms with Crippen LogP contribution in [0.1, 0.15) is 12.5 Å². The molecule has 0 radical (unpaired) electrons. The Hall–Kier alpha value is -2.78. The number of imidazole rings is 1. The van der Waals surface area contributed by atoms with Crippen molar-refractivity contribution < 1.29 is 13.2 Å². The summed E-state index contributed by atoms with van der Waals surface area (Å²) >= 11 is 1.72. The number of hydrogen-bond acceptors (Lipinski definition) is 5. The normalized spacial score (nSPS) is 15.2. The molecule has 2 aliphatic heterocycles. The zero-order valence-electron chi connectivity index (χ0n) is 16.3. The minimum atomic E-state index is -3.75. The van der Waals surface area contributed by atoms with Crippen LogP contribution in [0.15, 0.2) is 58.7 Å². The van der Waals surface area contributed by atoms with E-state index in [0.29, 0.717) is 18.7 Å². The summed E-state index contributed by atoms with van der Waals surface area (Å²) in [5.41, 5.74) is 3.84. The number of aromatic nitrogens is 2. The van der Waals surface area contributed by atoms with Crippen molar-refractivity contribution in [1.82, 2.24) is 9.55 Å². The highest BCUT2D eigenvalue weighted by Crippen LogP contribution is 2.32. The molecule has 5 rings (SSSR count). The molecule has 7 nitrogen and oxygen atoms in total. The van der Waals surface area contributed by atoms with E-state index in [-0.39, 0.29) is 10.8 Å². The minimum Gasteiger partial charge on any atom is -0.325 e. The predicted octanol–water partition coefficient (Wildman–Crippen LogP) is 3.37. The van der Waals surface area contributed by atoms with Gasteiger partial charge in [0.1, 0.15) is 0 Å². The molecule has 3 heterocycles. The number of nitrogens with one attached hydrogen (secondary N) is 1. The summed E-state index contributed by atoms with van der Waals surface area (Å²) in [5, 5.41) is 0.994. The fourth-order valence-corrected chi connectivity index (χ4v) is 5.92. The Bertz CT molecular complexity index is 1250. The van der Waals surface area contributed by atoms with Crippen molar-refractivity contribution in [2.24, 2.45) is 0 Å². The second kappa shape index (κ2) is 7.17. The van der Waals surface area contributed by atoms with Gasteiger partial charge in [0.05, 0.1) is 10.6 Å². The molecule has 0 unspecified atom stereocenters. The molecule has 2 aliphatic rings. The van der Waals surface area contributed by atoms with Gasteiger partial charge >= 0.3 is 0 Å². The Balaban J connectivity index is 1.41. The standard InChI is InChI=1S/C21H20N4O3S2/c1-14(26)25-8-7-16-12-18(5-6-20(16)25)30(27,28)23-17-4-2-3-15(11-17)19-13-24-9-10-29-21(24)22-19/h2-6,11-13,23H,7-10H2,1H3. The Morgan fingerprint density at radius 1 is 1.17 bits per heavy atom. The Morgan fingerprint density at radius 3 is 2.83 bits per heavy atom. The summed E-state index contributed by atoms with van der Waals surface area (Å²) < 4.78 is 30.7. The summed E-state index contributed by atoms with van der Waals surface area (Å²) in [6.45, 7) is 3.04. The first-order valence-corrected chi connectivity index (χ1v) is 12.1. The van der Waals surface area contributed by atoms with Gasteiger partial charge < -0.3 is 9.47 Å². The zero-order chi connectivity index (χ0) is 20.9. The van der Waals surface area contributed by atoms with Crippen LogP contribution in [0.4, 0.5) is 11.4 Å². The molecule has 1 N–H and O–H groups in total. The van der Waals surface area contributed by atoms with Crippen molar-refractivity contribution in [2.45, 2.75) is 29.9 Å². The van der Waals surface area contributed by atoms with Gasteiger partial charge in [-0.15, -0.1) is 0 Å². The van der Waals surface area contributed by atoms with Gasteiger partial charge in [-0.1, -0.05) is 23.9 Å². The van der Waals surface area contributed by atoms with Gasteiger partial charge in [0, 0.05) is 48.9 Å². The van der Waals surface area contributed by atoms with Crippen LogP contribution >= 0.6 is 11.8 Å². The van der Waals surface area contributed by atoms with Gasteiger partial charge in [-0.3, -0.25) is 9.52 Å². The first kappa shape index (κ1) is 19.2. The van der Waals surface area contributed by atoms with E-state index in [9.17, 15) is 13.2 Å². The van der Waals surface area contributed by atoms with Crippen LogP contribution < -0.4 is 9.62 Å². The molecule has 0 fully saturated rings. The number of aryl methyl sites for hydroxylation is 1. The number of anilines is 2. The number of benzene rings is 2. The van der Waals surface area contributed by atoms with Crippen LogP contribution in [0.2, 0.25) is 0 Å². The minimum absolute atomic E-state index is 0.0389.